The fourth-order valence-corrected chi connectivity index (χ4v) is 1.77. The van der Waals surface area contributed by atoms with Crippen molar-refractivity contribution in [3.8, 4) is 0 Å². The Morgan fingerprint density at radius 3 is 2.46 bits per heavy atom. The van der Waals surface area contributed by atoms with Gasteiger partial charge < -0.3 is 0 Å². The Balaban J connectivity index is 2.84. The van der Waals surface area contributed by atoms with Gasteiger partial charge in [0.15, 0.2) is 5.82 Å². The van der Waals surface area contributed by atoms with Crippen LogP contribution in [-0.4, -0.2) is 26.9 Å². The van der Waals surface area contributed by atoms with Gasteiger partial charge in [0.1, 0.15) is 9.53 Å². The van der Waals surface area contributed by atoms with Gasteiger partial charge in [-0.15, -0.1) is 23.5 Å². The standard InChI is InChI=1S/C7H8ClN3S2/c1-12-7(13-2)11-6-4-9-5(8)3-10-6/h3-4H,1-2H3. The highest BCUT2D eigenvalue weighted by Crippen LogP contribution is 2.17. The molecule has 0 fully saturated rings. The molecule has 0 unspecified atom stereocenters. The minimum atomic E-state index is 0.383. The van der Waals surface area contributed by atoms with Crippen molar-refractivity contribution in [3.05, 3.63) is 17.5 Å². The summed E-state index contributed by atoms with van der Waals surface area (Å²) in [6.45, 7) is 0. The molecule has 0 aliphatic heterocycles. The summed E-state index contributed by atoms with van der Waals surface area (Å²) in [7, 11) is 0. The summed E-state index contributed by atoms with van der Waals surface area (Å²) in [5.74, 6) is 0.586. The van der Waals surface area contributed by atoms with Crippen LogP contribution in [0.4, 0.5) is 5.82 Å². The molecule has 70 valence electrons. The van der Waals surface area contributed by atoms with E-state index < -0.39 is 0 Å². The van der Waals surface area contributed by atoms with Gasteiger partial charge in [0, 0.05) is 0 Å². The van der Waals surface area contributed by atoms with Crippen LogP contribution in [0.15, 0.2) is 17.4 Å². The molecule has 0 saturated carbocycles. The average molecular weight is 234 g/mol. The van der Waals surface area contributed by atoms with E-state index in [2.05, 4.69) is 15.0 Å². The number of hydrogen-bond donors (Lipinski definition) is 0. The van der Waals surface area contributed by atoms with Crippen LogP contribution in [0.2, 0.25) is 5.15 Å². The summed E-state index contributed by atoms with van der Waals surface area (Å²) < 4.78 is 0.955. The molecule has 1 aromatic heterocycles. The zero-order valence-corrected chi connectivity index (χ0v) is 9.58. The number of rotatable bonds is 1. The van der Waals surface area contributed by atoms with Gasteiger partial charge in [-0.25, -0.2) is 15.0 Å². The van der Waals surface area contributed by atoms with Crippen molar-refractivity contribution in [1.29, 1.82) is 0 Å². The molecule has 1 heterocycles. The summed E-state index contributed by atoms with van der Waals surface area (Å²) in [5.41, 5.74) is 0. The fourth-order valence-electron chi connectivity index (χ4n) is 0.631. The molecule has 1 aromatic rings. The van der Waals surface area contributed by atoms with Crippen LogP contribution in [0.1, 0.15) is 0 Å². The first kappa shape index (κ1) is 10.8. The van der Waals surface area contributed by atoms with Crippen molar-refractivity contribution in [2.75, 3.05) is 12.5 Å². The van der Waals surface area contributed by atoms with Crippen molar-refractivity contribution < 1.29 is 0 Å². The van der Waals surface area contributed by atoms with Crippen molar-refractivity contribution in [1.82, 2.24) is 9.97 Å². The second kappa shape index (κ2) is 5.47. The summed E-state index contributed by atoms with van der Waals surface area (Å²) in [6, 6.07) is 0. The lowest BCUT2D eigenvalue weighted by Gasteiger charge is -1.97. The maximum atomic E-state index is 5.58. The van der Waals surface area contributed by atoms with E-state index in [-0.39, 0.29) is 0 Å². The molecule has 0 aliphatic carbocycles. The topological polar surface area (TPSA) is 38.1 Å². The number of hydrogen-bond acceptors (Lipinski definition) is 5. The second-order valence-electron chi connectivity index (χ2n) is 1.98. The Kier molecular flexibility index (Phi) is 4.55. The molecule has 0 aliphatic rings. The van der Waals surface area contributed by atoms with Gasteiger partial charge in [-0.3, -0.25) is 0 Å². The zero-order chi connectivity index (χ0) is 9.68. The quantitative estimate of drug-likeness (QED) is 0.552. The first-order valence-corrected chi connectivity index (χ1v) is 6.23. The first-order valence-electron chi connectivity index (χ1n) is 3.40. The molecule has 0 amide bonds. The van der Waals surface area contributed by atoms with E-state index >= 15 is 0 Å². The van der Waals surface area contributed by atoms with Gasteiger partial charge in [-0.1, -0.05) is 11.6 Å². The van der Waals surface area contributed by atoms with Crippen molar-refractivity contribution in [3.63, 3.8) is 0 Å². The molecule has 1 rings (SSSR count). The summed E-state index contributed by atoms with van der Waals surface area (Å²) >= 11 is 8.75. The van der Waals surface area contributed by atoms with E-state index in [9.17, 15) is 0 Å². The Hall–Kier alpha value is -0.260. The van der Waals surface area contributed by atoms with Gasteiger partial charge in [-0.2, -0.15) is 0 Å². The first-order chi connectivity index (χ1) is 6.26. The predicted molar refractivity (Wildman–Crippen MR) is 61.2 cm³/mol. The molecule has 0 spiro atoms. The minimum absolute atomic E-state index is 0.383. The second-order valence-corrected chi connectivity index (χ2v) is 4.22. The molecule has 0 aromatic carbocycles. The third-order valence-electron chi connectivity index (χ3n) is 1.16. The van der Waals surface area contributed by atoms with Crippen LogP contribution < -0.4 is 0 Å². The Morgan fingerprint density at radius 2 is 2.00 bits per heavy atom. The van der Waals surface area contributed by atoms with Gasteiger partial charge in [-0.05, 0) is 12.5 Å². The average Bonchev–Trinajstić information content (AvgIpc) is 2.17. The lowest BCUT2D eigenvalue weighted by molar-refractivity contribution is 1.18. The number of thioether (sulfide) groups is 2. The number of aliphatic imine (C=N–C) groups is 1. The highest BCUT2D eigenvalue weighted by Gasteiger charge is 1.96. The Morgan fingerprint density at radius 1 is 1.31 bits per heavy atom. The normalized spacial score (nSPS) is 9.77. The van der Waals surface area contributed by atoms with Gasteiger partial charge in [0.05, 0.1) is 12.4 Å². The highest BCUT2D eigenvalue weighted by molar-refractivity contribution is 8.38. The van der Waals surface area contributed by atoms with Crippen LogP contribution in [-0.2, 0) is 0 Å². The van der Waals surface area contributed by atoms with Crippen molar-refractivity contribution in [2.45, 2.75) is 0 Å². The van der Waals surface area contributed by atoms with E-state index in [1.807, 2.05) is 12.5 Å². The smallest absolute Gasteiger partial charge is 0.172 e. The highest BCUT2D eigenvalue weighted by atomic mass is 35.5. The lowest BCUT2D eigenvalue weighted by atomic mass is 10.7. The van der Waals surface area contributed by atoms with E-state index in [0.717, 1.165) is 4.38 Å². The number of halogens is 1. The minimum Gasteiger partial charge on any atom is -0.239 e. The molecule has 6 heteroatoms. The Labute approximate surface area is 90.4 Å². The lowest BCUT2D eigenvalue weighted by Crippen LogP contribution is -1.84. The molecular formula is C7H8ClN3S2. The molecule has 13 heavy (non-hydrogen) atoms. The third kappa shape index (κ3) is 3.54. The van der Waals surface area contributed by atoms with E-state index in [1.165, 1.54) is 6.20 Å². The largest absolute Gasteiger partial charge is 0.239 e. The van der Waals surface area contributed by atoms with Crippen LogP contribution in [0.5, 0.6) is 0 Å². The van der Waals surface area contributed by atoms with Gasteiger partial charge >= 0.3 is 0 Å². The van der Waals surface area contributed by atoms with E-state index in [4.69, 9.17) is 11.6 Å². The summed E-state index contributed by atoms with van der Waals surface area (Å²) in [5, 5.41) is 0.383. The maximum Gasteiger partial charge on any atom is 0.172 e. The molecular weight excluding hydrogens is 226 g/mol. The zero-order valence-electron chi connectivity index (χ0n) is 7.19. The van der Waals surface area contributed by atoms with Crippen LogP contribution in [0.3, 0.4) is 0 Å². The van der Waals surface area contributed by atoms with E-state index in [1.54, 1.807) is 29.7 Å². The maximum absolute atomic E-state index is 5.58. The molecule has 0 bridgehead atoms. The van der Waals surface area contributed by atoms with Crippen LogP contribution in [0.25, 0.3) is 0 Å². The summed E-state index contributed by atoms with van der Waals surface area (Å²) in [6.07, 6.45) is 6.98. The van der Waals surface area contributed by atoms with Crippen LogP contribution in [0, 0.1) is 0 Å². The molecule has 0 atom stereocenters. The van der Waals surface area contributed by atoms with Crippen molar-refractivity contribution in [2.24, 2.45) is 4.99 Å². The number of nitrogens with zero attached hydrogens (tertiary/aromatic N) is 3. The van der Waals surface area contributed by atoms with Crippen molar-refractivity contribution >= 4 is 45.3 Å². The monoisotopic (exact) mass is 233 g/mol. The van der Waals surface area contributed by atoms with E-state index in [0.29, 0.717) is 11.0 Å². The predicted octanol–water partition coefficient (Wildman–Crippen LogP) is 2.84. The van der Waals surface area contributed by atoms with Gasteiger partial charge in [0.2, 0.25) is 0 Å². The van der Waals surface area contributed by atoms with Crippen LogP contribution >= 0.6 is 35.1 Å². The number of aromatic nitrogens is 2. The molecule has 0 radical (unpaired) electrons. The SMILES string of the molecule is CSC(=Nc1cnc(Cl)cn1)SC. The molecule has 0 N–H and O–H groups in total. The fraction of sp³-hybridized carbons (Fsp3) is 0.286. The summed E-state index contributed by atoms with van der Waals surface area (Å²) in [4.78, 5) is 12.1. The van der Waals surface area contributed by atoms with Gasteiger partial charge in [0.25, 0.3) is 0 Å². The Bertz CT molecular complexity index is 293. The molecule has 0 saturated heterocycles. The molecule has 3 nitrogen and oxygen atoms in total. The third-order valence-corrected chi connectivity index (χ3v) is 3.24.